The maximum absolute atomic E-state index is 12.5. The van der Waals surface area contributed by atoms with Crippen LogP contribution in [-0.2, 0) is 13.0 Å². The molecule has 136 valence electrons. The lowest BCUT2D eigenvalue weighted by Crippen LogP contribution is -2.25. The van der Waals surface area contributed by atoms with Gasteiger partial charge in [-0.05, 0) is 19.4 Å². The number of aromatic nitrogens is 3. The van der Waals surface area contributed by atoms with E-state index in [1.807, 2.05) is 5.38 Å². The summed E-state index contributed by atoms with van der Waals surface area (Å²) in [4.78, 5) is 17.1. The molecule has 3 N–H and O–H groups in total. The van der Waals surface area contributed by atoms with Crippen LogP contribution in [0.25, 0.3) is 11.3 Å². The molecule has 3 aromatic rings. The Kier molecular flexibility index (Phi) is 5.41. The van der Waals surface area contributed by atoms with E-state index in [-0.39, 0.29) is 18.3 Å². The Morgan fingerprint density at radius 3 is 2.96 bits per heavy atom. The second-order valence-corrected chi connectivity index (χ2v) is 7.12. The van der Waals surface area contributed by atoms with E-state index < -0.39 is 0 Å². The molecule has 1 amide bonds. The number of fused-ring (bicyclic) bond motifs is 1. The average Bonchev–Trinajstić information content (AvgIpc) is 3.21. The summed E-state index contributed by atoms with van der Waals surface area (Å²) in [6, 6.07) is 6.28. The third-order valence-corrected chi connectivity index (χ3v) is 5.16. The highest BCUT2D eigenvalue weighted by Gasteiger charge is 2.22. The fraction of sp³-hybridized carbons (Fsp3) is 0.278. The van der Waals surface area contributed by atoms with Crippen molar-refractivity contribution in [2.75, 3.05) is 11.9 Å². The van der Waals surface area contributed by atoms with Gasteiger partial charge in [0, 0.05) is 41.7 Å². The first-order valence-corrected chi connectivity index (χ1v) is 9.11. The van der Waals surface area contributed by atoms with E-state index in [9.17, 15) is 4.79 Å². The molecule has 0 bridgehead atoms. The number of aromatic amines is 1. The first-order chi connectivity index (χ1) is 12.1. The number of rotatable bonds is 3. The number of H-pyrrole nitrogens is 1. The number of thiazole rings is 1. The van der Waals surface area contributed by atoms with E-state index in [2.05, 4.69) is 57.9 Å². The largest absolute Gasteiger partial charge is 0.312 e. The molecule has 0 saturated heterocycles. The first-order valence-electron chi connectivity index (χ1n) is 8.23. The van der Waals surface area contributed by atoms with Gasteiger partial charge in [0.2, 0.25) is 0 Å². The van der Waals surface area contributed by atoms with Gasteiger partial charge in [0.1, 0.15) is 0 Å². The number of nitrogens with zero attached hydrogens (tertiary/aromatic N) is 2. The average molecular weight is 390 g/mol. The summed E-state index contributed by atoms with van der Waals surface area (Å²) in [5.74, 6) is -0.220. The Balaban J connectivity index is 0.00000196. The third-order valence-electron chi connectivity index (χ3n) is 4.40. The summed E-state index contributed by atoms with van der Waals surface area (Å²) in [5, 5.41) is 15.8. The first kappa shape index (κ1) is 18.6. The molecule has 0 spiro atoms. The number of amides is 1. The van der Waals surface area contributed by atoms with Gasteiger partial charge >= 0.3 is 0 Å². The van der Waals surface area contributed by atoms with Gasteiger partial charge in [-0.1, -0.05) is 23.8 Å². The maximum Gasteiger partial charge on any atom is 0.278 e. The SMILES string of the molecule is Cc1ccc(-c2csc(NC(=O)c3n[nH]c4c3CNCC4)n2)c(C)c1.Cl. The molecule has 0 radical (unpaired) electrons. The standard InChI is InChI=1S/C18H19N5OS.ClH/c1-10-3-4-12(11(2)7-10)15-9-25-18(20-15)21-17(24)16-13-8-19-6-5-14(13)22-23-16;/h3-4,7,9,19H,5-6,8H2,1-2H3,(H,22,23)(H,20,21,24);1H. The molecule has 1 aliphatic rings. The number of aryl methyl sites for hydroxylation is 2. The lowest BCUT2D eigenvalue weighted by molar-refractivity contribution is 0.102. The van der Waals surface area contributed by atoms with Crippen molar-refractivity contribution in [3.63, 3.8) is 0 Å². The number of nitrogens with one attached hydrogen (secondary N) is 3. The molecule has 0 saturated carbocycles. The van der Waals surface area contributed by atoms with Crippen LogP contribution in [0.2, 0.25) is 0 Å². The van der Waals surface area contributed by atoms with E-state index >= 15 is 0 Å². The van der Waals surface area contributed by atoms with Gasteiger partial charge in [-0.2, -0.15) is 5.10 Å². The molecule has 0 fully saturated rings. The molecule has 0 atom stereocenters. The number of carbonyl (C=O) groups is 1. The van der Waals surface area contributed by atoms with Crippen molar-refractivity contribution < 1.29 is 4.79 Å². The van der Waals surface area contributed by atoms with Crippen molar-refractivity contribution in [1.82, 2.24) is 20.5 Å². The van der Waals surface area contributed by atoms with Crippen LogP contribution >= 0.6 is 23.7 Å². The van der Waals surface area contributed by atoms with Gasteiger partial charge in [0.15, 0.2) is 10.8 Å². The summed E-state index contributed by atoms with van der Waals surface area (Å²) < 4.78 is 0. The minimum Gasteiger partial charge on any atom is -0.312 e. The predicted octanol–water partition coefficient (Wildman–Crippen LogP) is 3.47. The van der Waals surface area contributed by atoms with Gasteiger partial charge in [-0.3, -0.25) is 15.2 Å². The van der Waals surface area contributed by atoms with Crippen molar-refractivity contribution in [3.8, 4) is 11.3 Å². The number of hydrogen-bond acceptors (Lipinski definition) is 5. The summed E-state index contributed by atoms with van der Waals surface area (Å²) in [6.07, 6.45) is 0.865. The van der Waals surface area contributed by atoms with Gasteiger partial charge in [-0.25, -0.2) is 4.98 Å². The second kappa shape index (κ2) is 7.57. The summed E-state index contributed by atoms with van der Waals surface area (Å²) in [7, 11) is 0. The summed E-state index contributed by atoms with van der Waals surface area (Å²) in [6.45, 7) is 5.72. The number of benzene rings is 1. The normalized spacial score (nSPS) is 13.0. The molecule has 0 unspecified atom stereocenters. The lowest BCUT2D eigenvalue weighted by Gasteiger charge is -2.12. The molecule has 1 aliphatic heterocycles. The van der Waals surface area contributed by atoms with Crippen LogP contribution in [0.3, 0.4) is 0 Å². The van der Waals surface area contributed by atoms with Crippen LogP contribution < -0.4 is 10.6 Å². The molecular weight excluding hydrogens is 370 g/mol. The smallest absolute Gasteiger partial charge is 0.278 e. The Labute approximate surface area is 161 Å². The predicted molar refractivity (Wildman–Crippen MR) is 106 cm³/mol. The fourth-order valence-corrected chi connectivity index (χ4v) is 3.83. The van der Waals surface area contributed by atoms with Crippen LogP contribution in [0.15, 0.2) is 23.6 Å². The van der Waals surface area contributed by atoms with E-state index in [0.29, 0.717) is 17.4 Å². The van der Waals surface area contributed by atoms with E-state index in [1.54, 1.807) is 0 Å². The Hall–Kier alpha value is -2.22. The molecule has 26 heavy (non-hydrogen) atoms. The molecular formula is C18H20ClN5OS. The molecule has 6 nitrogen and oxygen atoms in total. The van der Waals surface area contributed by atoms with Crippen LogP contribution in [0.5, 0.6) is 0 Å². The van der Waals surface area contributed by atoms with E-state index in [0.717, 1.165) is 35.5 Å². The van der Waals surface area contributed by atoms with Crippen LogP contribution in [0.1, 0.15) is 32.9 Å². The Morgan fingerprint density at radius 1 is 1.31 bits per heavy atom. The van der Waals surface area contributed by atoms with Gasteiger partial charge in [0.25, 0.3) is 5.91 Å². The highest BCUT2D eigenvalue weighted by atomic mass is 35.5. The topological polar surface area (TPSA) is 82.7 Å². The van der Waals surface area contributed by atoms with Crippen molar-refractivity contribution in [2.45, 2.75) is 26.8 Å². The summed E-state index contributed by atoms with van der Waals surface area (Å²) >= 11 is 1.42. The maximum atomic E-state index is 12.5. The number of anilines is 1. The Bertz CT molecular complexity index is 949. The summed E-state index contributed by atoms with van der Waals surface area (Å²) in [5.41, 5.74) is 6.81. The molecule has 2 aromatic heterocycles. The molecule has 8 heteroatoms. The van der Waals surface area contributed by atoms with Crippen molar-refractivity contribution in [1.29, 1.82) is 0 Å². The second-order valence-electron chi connectivity index (χ2n) is 6.27. The number of halogens is 1. The molecule has 0 aliphatic carbocycles. The van der Waals surface area contributed by atoms with E-state index in [1.165, 1.54) is 22.5 Å². The zero-order chi connectivity index (χ0) is 17.4. The van der Waals surface area contributed by atoms with Gasteiger partial charge in [-0.15, -0.1) is 23.7 Å². The van der Waals surface area contributed by atoms with Gasteiger partial charge in [0.05, 0.1) is 5.69 Å². The molecule has 1 aromatic carbocycles. The van der Waals surface area contributed by atoms with Crippen molar-refractivity contribution in [3.05, 3.63) is 51.7 Å². The lowest BCUT2D eigenvalue weighted by atomic mass is 10.0. The quantitative estimate of drug-likeness (QED) is 0.640. The number of carbonyl (C=O) groups excluding carboxylic acids is 1. The third kappa shape index (κ3) is 3.51. The van der Waals surface area contributed by atoms with Crippen molar-refractivity contribution in [2.24, 2.45) is 0 Å². The van der Waals surface area contributed by atoms with E-state index in [4.69, 9.17) is 0 Å². The fourth-order valence-electron chi connectivity index (χ4n) is 3.13. The zero-order valence-electron chi connectivity index (χ0n) is 14.5. The van der Waals surface area contributed by atoms with Crippen molar-refractivity contribution >= 4 is 34.8 Å². The van der Waals surface area contributed by atoms with Gasteiger partial charge < -0.3 is 5.32 Å². The number of hydrogen-bond donors (Lipinski definition) is 3. The Morgan fingerprint density at radius 2 is 2.15 bits per heavy atom. The highest BCUT2D eigenvalue weighted by molar-refractivity contribution is 7.14. The minimum atomic E-state index is -0.220. The monoisotopic (exact) mass is 389 g/mol. The highest BCUT2D eigenvalue weighted by Crippen LogP contribution is 2.28. The minimum absolute atomic E-state index is 0. The van der Waals surface area contributed by atoms with Crippen LogP contribution in [0.4, 0.5) is 5.13 Å². The zero-order valence-corrected chi connectivity index (χ0v) is 16.2. The van der Waals surface area contributed by atoms with Crippen LogP contribution in [0, 0.1) is 13.8 Å². The van der Waals surface area contributed by atoms with Crippen LogP contribution in [-0.4, -0.2) is 27.6 Å². The molecule has 3 heterocycles. The molecule has 4 rings (SSSR count).